The number of fused-ring (bicyclic) bond motifs is 1. The van der Waals surface area contributed by atoms with Crippen molar-refractivity contribution in [2.75, 3.05) is 6.54 Å². The highest BCUT2D eigenvalue weighted by molar-refractivity contribution is 5.96. The zero-order chi connectivity index (χ0) is 28.2. The van der Waals surface area contributed by atoms with Crippen LogP contribution in [0.5, 0.6) is 5.75 Å². The van der Waals surface area contributed by atoms with Gasteiger partial charge in [-0.25, -0.2) is 4.79 Å². The number of hydroxylamine groups is 1. The number of halogens is 3. The number of nitrogens with zero attached hydrogens (tertiary/aromatic N) is 1. The van der Waals surface area contributed by atoms with E-state index in [1.54, 1.807) is 12.1 Å². The minimum absolute atomic E-state index is 0.156. The quantitative estimate of drug-likeness (QED) is 0.406. The molecule has 1 saturated heterocycles. The summed E-state index contributed by atoms with van der Waals surface area (Å²) in [6, 6.07) is 14.8. The normalized spacial score (nSPS) is 17.2. The second-order valence-corrected chi connectivity index (χ2v) is 8.80. The summed E-state index contributed by atoms with van der Waals surface area (Å²) in [6.45, 7) is 2.01. The largest absolute Gasteiger partial charge is 0.493 e. The maximum Gasteiger partial charge on any atom is 0.493 e. The lowest BCUT2D eigenvalue weighted by Gasteiger charge is -2.31. The smallest absolute Gasteiger partial charge is 0.489 e. The third-order valence-corrected chi connectivity index (χ3v) is 5.98. The second kappa shape index (κ2) is 11.4. The molecule has 39 heavy (non-hydrogen) atoms. The van der Waals surface area contributed by atoms with Crippen molar-refractivity contribution in [3.8, 4) is 5.75 Å². The molecular weight excluding hydrogens is 521 g/mol. The summed E-state index contributed by atoms with van der Waals surface area (Å²) in [5.74, 6) is -5.70. The fourth-order valence-electron chi connectivity index (χ4n) is 4.07. The SMILES string of the molecule is Cc1cc(COc2ccc(C(=O)NC3CNC(=O)CC3C(=O)NOC(=O)C(F)(F)F)cc2)c2ccccc2n1. The van der Waals surface area contributed by atoms with Gasteiger partial charge in [-0.1, -0.05) is 18.2 Å². The topological polar surface area (TPSA) is 136 Å². The molecule has 3 amide bonds. The number of pyridine rings is 1. The zero-order valence-corrected chi connectivity index (χ0v) is 20.5. The number of para-hydroxylation sites is 1. The van der Waals surface area contributed by atoms with Gasteiger partial charge in [0.2, 0.25) is 5.91 Å². The molecule has 2 aromatic carbocycles. The van der Waals surface area contributed by atoms with Crippen LogP contribution in [0.2, 0.25) is 0 Å². The first-order valence-electron chi connectivity index (χ1n) is 11.7. The maximum atomic E-state index is 12.8. The van der Waals surface area contributed by atoms with Crippen molar-refractivity contribution in [2.45, 2.75) is 32.2 Å². The number of benzene rings is 2. The van der Waals surface area contributed by atoms with E-state index in [4.69, 9.17) is 4.74 Å². The molecule has 0 radical (unpaired) electrons. The highest BCUT2D eigenvalue weighted by Crippen LogP contribution is 2.22. The molecule has 204 valence electrons. The Bertz CT molecular complexity index is 1410. The summed E-state index contributed by atoms with van der Waals surface area (Å²) in [5, 5.41) is 6.02. The van der Waals surface area contributed by atoms with Gasteiger partial charge in [-0.3, -0.25) is 19.4 Å². The predicted molar refractivity (Wildman–Crippen MR) is 130 cm³/mol. The summed E-state index contributed by atoms with van der Waals surface area (Å²) in [6.07, 6.45) is -5.75. The molecule has 3 aromatic rings. The van der Waals surface area contributed by atoms with Crippen LogP contribution < -0.4 is 20.9 Å². The minimum Gasteiger partial charge on any atom is -0.489 e. The van der Waals surface area contributed by atoms with Crippen LogP contribution in [0, 0.1) is 12.8 Å². The van der Waals surface area contributed by atoms with Crippen LogP contribution in [0.15, 0.2) is 54.6 Å². The predicted octanol–water partition coefficient (Wildman–Crippen LogP) is 2.49. The van der Waals surface area contributed by atoms with E-state index in [2.05, 4.69) is 20.5 Å². The number of carbonyl (C=O) groups is 4. The molecule has 0 saturated carbocycles. The molecule has 2 heterocycles. The van der Waals surface area contributed by atoms with E-state index in [9.17, 15) is 32.3 Å². The summed E-state index contributed by atoms with van der Waals surface area (Å²) >= 11 is 0. The Morgan fingerprint density at radius 2 is 1.82 bits per heavy atom. The van der Waals surface area contributed by atoms with Gasteiger partial charge in [-0.05, 0) is 43.3 Å². The highest BCUT2D eigenvalue weighted by Gasteiger charge is 2.43. The number of aromatic nitrogens is 1. The van der Waals surface area contributed by atoms with Gasteiger partial charge in [0, 0.05) is 35.2 Å². The lowest BCUT2D eigenvalue weighted by molar-refractivity contribution is -0.208. The second-order valence-electron chi connectivity index (χ2n) is 8.80. The lowest BCUT2D eigenvalue weighted by Crippen LogP contribution is -2.57. The van der Waals surface area contributed by atoms with Crippen LogP contribution >= 0.6 is 0 Å². The Balaban J connectivity index is 1.37. The summed E-state index contributed by atoms with van der Waals surface area (Å²) < 4.78 is 42.9. The summed E-state index contributed by atoms with van der Waals surface area (Å²) in [4.78, 5) is 56.0. The van der Waals surface area contributed by atoms with Crippen molar-refractivity contribution in [2.24, 2.45) is 5.92 Å². The van der Waals surface area contributed by atoms with E-state index < -0.39 is 48.2 Å². The van der Waals surface area contributed by atoms with Gasteiger partial charge in [0.1, 0.15) is 12.4 Å². The number of amides is 3. The summed E-state index contributed by atoms with van der Waals surface area (Å²) in [7, 11) is 0. The number of hydrogen-bond acceptors (Lipinski definition) is 7. The number of piperidine rings is 1. The lowest BCUT2D eigenvalue weighted by atomic mass is 9.91. The van der Waals surface area contributed by atoms with Crippen molar-refractivity contribution in [3.63, 3.8) is 0 Å². The van der Waals surface area contributed by atoms with Crippen molar-refractivity contribution in [1.29, 1.82) is 0 Å². The number of alkyl halides is 3. The highest BCUT2D eigenvalue weighted by atomic mass is 19.4. The molecule has 10 nitrogen and oxygen atoms in total. The van der Waals surface area contributed by atoms with Gasteiger partial charge in [0.15, 0.2) is 0 Å². The minimum atomic E-state index is -5.31. The van der Waals surface area contributed by atoms with Crippen LogP contribution in [0.3, 0.4) is 0 Å². The number of ether oxygens (including phenoxy) is 1. The molecule has 2 atom stereocenters. The zero-order valence-electron chi connectivity index (χ0n) is 20.5. The van der Waals surface area contributed by atoms with Crippen LogP contribution in [0.1, 0.15) is 28.0 Å². The fraction of sp³-hybridized carbons (Fsp3) is 0.269. The van der Waals surface area contributed by atoms with Gasteiger partial charge in [-0.2, -0.15) is 18.7 Å². The van der Waals surface area contributed by atoms with Crippen molar-refractivity contribution in [3.05, 3.63) is 71.4 Å². The third kappa shape index (κ3) is 6.80. The van der Waals surface area contributed by atoms with E-state index in [0.29, 0.717) is 5.75 Å². The monoisotopic (exact) mass is 544 g/mol. The first-order valence-corrected chi connectivity index (χ1v) is 11.7. The van der Waals surface area contributed by atoms with Gasteiger partial charge in [0.05, 0.1) is 17.5 Å². The molecule has 3 N–H and O–H groups in total. The van der Waals surface area contributed by atoms with Crippen molar-refractivity contribution < 1.29 is 41.9 Å². The van der Waals surface area contributed by atoms with Crippen LogP contribution in [-0.4, -0.2) is 47.4 Å². The molecule has 1 aliphatic heterocycles. The molecule has 0 bridgehead atoms. The van der Waals surface area contributed by atoms with Gasteiger partial charge in [0.25, 0.3) is 11.8 Å². The van der Waals surface area contributed by atoms with E-state index in [0.717, 1.165) is 22.2 Å². The first-order chi connectivity index (χ1) is 18.5. The molecule has 1 fully saturated rings. The number of aryl methyl sites for hydroxylation is 1. The number of rotatable bonds is 6. The third-order valence-electron chi connectivity index (χ3n) is 5.98. The Kier molecular flexibility index (Phi) is 7.98. The number of hydrogen-bond donors (Lipinski definition) is 3. The Morgan fingerprint density at radius 1 is 1.10 bits per heavy atom. The van der Waals surface area contributed by atoms with E-state index in [1.165, 1.54) is 17.6 Å². The van der Waals surface area contributed by atoms with E-state index in [-0.39, 0.29) is 18.7 Å². The fourth-order valence-corrected chi connectivity index (χ4v) is 4.07. The molecule has 4 rings (SSSR count). The van der Waals surface area contributed by atoms with Gasteiger partial charge < -0.3 is 20.2 Å². The Hall–Kier alpha value is -4.68. The van der Waals surface area contributed by atoms with Crippen LogP contribution in [0.4, 0.5) is 13.2 Å². The molecule has 1 aliphatic rings. The first kappa shape index (κ1) is 27.4. The van der Waals surface area contributed by atoms with Crippen LogP contribution in [-0.2, 0) is 25.8 Å². The standard InChI is InChI=1S/C26H23F3N4O6/c1-14-10-16(18-4-2-3-5-20(18)31-14)13-38-17-8-6-15(7-9-17)23(35)32-21-12-30-22(34)11-19(21)24(36)33-39-25(37)26(27,28)29/h2-10,19,21H,11-13H2,1H3,(H,30,34)(H,32,35)(H,33,36). The molecule has 1 aromatic heterocycles. The molecular formula is C26H23F3N4O6. The van der Waals surface area contributed by atoms with E-state index in [1.807, 2.05) is 37.3 Å². The van der Waals surface area contributed by atoms with Gasteiger partial charge >= 0.3 is 12.1 Å². The van der Waals surface area contributed by atoms with E-state index >= 15 is 0 Å². The maximum absolute atomic E-state index is 12.8. The van der Waals surface area contributed by atoms with Gasteiger partial charge in [-0.15, -0.1) is 0 Å². The molecule has 0 spiro atoms. The summed E-state index contributed by atoms with van der Waals surface area (Å²) in [5.41, 5.74) is 4.28. The molecule has 0 aliphatic carbocycles. The number of nitrogens with one attached hydrogen (secondary N) is 3. The Morgan fingerprint density at radius 3 is 2.54 bits per heavy atom. The Labute approximate surface area is 219 Å². The molecule has 2 unspecified atom stereocenters. The van der Waals surface area contributed by atoms with Crippen molar-refractivity contribution >= 4 is 34.6 Å². The van der Waals surface area contributed by atoms with Crippen LogP contribution in [0.25, 0.3) is 10.9 Å². The van der Waals surface area contributed by atoms with Crippen molar-refractivity contribution in [1.82, 2.24) is 21.1 Å². The molecule has 13 heteroatoms. The number of carbonyl (C=O) groups excluding carboxylic acids is 4. The average Bonchev–Trinajstić information content (AvgIpc) is 2.90. The average molecular weight is 544 g/mol.